The first kappa shape index (κ1) is 10.4. The van der Waals surface area contributed by atoms with Crippen molar-refractivity contribution in [2.75, 3.05) is 28.4 Å². The monoisotopic (exact) mass is 208 g/mol. The molecule has 0 amide bonds. The Balaban J connectivity index is 2.77. The predicted octanol–water partition coefficient (Wildman–Crippen LogP) is -0.653. The topological polar surface area (TPSA) is 36.9 Å². The summed E-state index contributed by atoms with van der Waals surface area (Å²) >= 11 is 0. The Morgan fingerprint density at radius 3 is 1.67 bits per heavy atom. The lowest BCUT2D eigenvalue weighted by Gasteiger charge is -2.51. The highest BCUT2D eigenvalue weighted by atomic mass is 28.4. The molecule has 0 aliphatic carbocycles. The van der Waals surface area contributed by atoms with Gasteiger partial charge in [0.2, 0.25) is 0 Å². The largest absolute Gasteiger partial charge is 0.395 e. The third-order valence-electron chi connectivity index (χ3n) is 2.68. The average Bonchev–Trinajstić information content (AvgIpc) is 2.08. The van der Waals surface area contributed by atoms with Gasteiger partial charge in [0.25, 0.3) is 0 Å². The van der Waals surface area contributed by atoms with Gasteiger partial charge >= 0.3 is 8.56 Å². The maximum absolute atomic E-state index is 5.42. The molecule has 4 nitrogen and oxygen atoms in total. The van der Waals surface area contributed by atoms with E-state index in [1.165, 1.54) is 0 Å². The van der Waals surface area contributed by atoms with Gasteiger partial charge in [0.15, 0.2) is 5.03 Å². The minimum Gasteiger partial charge on any atom is -0.395 e. The van der Waals surface area contributed by atoms with Crippen LogP contribution in [0.4, 0.5) is 0 Å². The van der Waals surface area contributed by atoms with Crippen molar-refractivity contribution in [3.05, 3.63) is 0 Å². The van der Waals surface area contributed by atoms with Crippen LogP contribution in [0.25, 0.3) is 0 Å². The van der Waals surface area contributed by atoms with Gasteiger partial charge < -0.3 is 18.3 Å². The van der Waals surface area contributed by atoms with Crippen LogP contribution in [0.3, 0.4) is 0 Å². The van der Waals surface area contributed by atoms with E-state index in [2.05, 4.69) is 0 Å². The molecule has 1 fully saturated rings. The Labute approximate surface area is 76.2 Å². The van der Waals surface area contributed by atoms with Crippen LogP contribution >= 0.6 is 0 Å². The Morgan fingerprint density at radius 2 is 1.58 bits per heavy atom. The maximum atomic E-state index is 5.42. The van der Waals surface area contributed by atoms with Gasteiger partial charge in [-0.05, 0) is 5.67 Å². The van der Waals surface area contributed by atoms with Crippen LogP contribution in [-0.4, -0.2) is 51.6 Å². The van der Waals surface area contributed by atoms with Gasteiger partial charge in [-0.15, -0.1) is 0 Å². The molecule has 1 heterocycles. The summed E-state index contributed by atoms with van der Waals surface area (Å²) in [5.41, 5.74) is 1.07. The molecule has 12 heavy (non-hydrogen) atoms. The Hall–Kier alpha value is 0.274. The van der Waals surface area contributed by atoms with E-state index in [9.17, 15) is 0 Å². The molecular weight excluding hydrogens is 192 g/mol. The van der Waals surface area contributed by atoms with Crippen LogP contribution in [0.5, 0.6) is 0 Å². The van der Waals surface area contributed by atoms with E-state index in [0.29, 0.717) is 0 Å². The summed E-state index contributed by atoms with van der Waals surface area (Å²) in [6.07, 6.45) is 0. The van der Waals surface area contributed by atoms with Crippen molar-refractivity contribution < 1.29 is 18.3 Å². The van der Waals surface area contributed by atoms with Gasteiger partial charge in [0.1, 0.15) is 0 Å². The van der Waals surface area contributed by atoms with E-state index >= 15 is 0 Å². The fourth-order valence-electron chi connectivity index (χ4n) is 1.73. The van der Waals surface area contributed by atoms with Gasteiger partial charge in [-0.25, -0.2) is 0 Å². The zero-order valence-corrected chi connectivity index (χ0v) is 10.5. The van der Waals surface area contributed by atoms with Gasteiger partial charge in [-0.2, -0.15) is 0 Å². The lowest BCUT2D eigenvalue weighted by Crippen LogP contribution is -2.76. The molecule has 0 aromatic heterocycles. The average molecular weight is 208 g/mol. The van der Waals surface area contributed by atoms with E-state index in [0.717, 1.165) is 5.67 Å². The minimum atomic E-state index is -2.15. The predicted molar refractivity (Wildman–Crippen MR) is 49.9 cm³/mol. The maximum Gasteiger partial charge on any atom is 0.390 e. The molecule has 1 rings (SSSR count). The first-order valence-electron chi connectivity index (χ1n) is 3.91. The smallest absolute Gasteiger partial charge is 0.390 e. The van der Waals surface area contributed by atoms with Crippen molar-refractivity contribution >= 4 is 18.1 Å². The third kappa shape index (κ3) is 1.11. The second kappa shape index (κ2) is 3.56. The molecule has 6 heteroatoms. The van der Waals surface area contributed by atoms with Gasteiger partial charge in [0, 0.05) is 28.4 Å². The van der Waals surface area contributed by atoms with Gasteiger partial charge in [0.05, 0.1) is 9.52 Å². The normalized spacial score (nSPS) is 27.0. The van der Waals surface area contributed by atoms with Crippen LogP contribution in [0.1, 0.15) is 0 Å². The summed E-state index contributed by atoms with van der Waals surface area (Å²) in [5.74, 6) is 0. The van der Waals surface area contributed by atoms with Crippen molar-refractivity contribution in [3.8, 4) is 0 Å². The molecule has 0 aromatic carbocycles. The van der Waals surface area contributed by atoms with Crippen molar-refractivity contribution in [1.82, 2.24) is 0 Å². The molecule has 0 N–H and O–H groups in total. The summed E-state index contributed by atoms with van der Waals surface area (Å²) in [6.45, 7) is 0. The molecule has 0 saturated carbocycles. The molecule has 0 unspecified atom stereocenters. The molecule has 0 bridgehead atoms. The molecule has 0 aromatic rings. The van der Waals surface area contributed by atoms with Crippen LogP contribution in [0.2, 0.25) is 5.67 Å². The molecular formula is C6H16O4Si2. The summed E-state index contributed by atoms with van der Waals surface area (Å²) in [7, 11) is 4.18. The number of methoxy groups -OCH3 is 2. The highest BCUT2D eigenvalue weighted by Gasteiger charge is 2.67. The molecule has 1 aliphatic heterocycles. The Bertz CT molecular complexity index is 127. The fraction of sp³-hybridized carbons (Fsp3) is 1.00. The van der Waals surface area contributed by atoms with Crippen LogP contribution in [-0.2, 0) is 18.3 Å². The van der Waals surface area contributed by atoms with Crippen LogP contribution in [0.15, 0.2) is 0 Å². The lowest BCUT2D eigenvalue weighted by atomic mass is 11.3. The van der Waals surface area contributed by atoms with Crippen molar-refractivity contribution in [3.63, 3.8) is 0 Å². The molecule has 0 atom stereocenters. The van der Waals surface area contributed by atoms with E-state index in [1.54, 1.807) is 28.4 Å². The summed E-state index contributed by atoms with van der Waals surface area (Å²) in [5, 5.41) is -0.448. The number of ether oxygens (including phenoxy) is 2. The van der Waals surface area contributed by atoms with Crippen molar-refractivity contribution in [2.45, 2.75) is 10.7 Å². The molecule has 0 radical (unpaired) electrons. The van der Waals surface area contributed by atoms with Crippen LogP contribution in [0, 0.1) is 0 Å². The zero-order valence-electron chi connectivity index (χ0n) is 8.05. The third-order valence-corrected chi connectivity index (χ3v) is 12.8. The highest BCUT2D eigenvalue weighted by molar-refractivity contribution is 6.95. The molecule has 0 spiro atoms. The first-order valence-corrected chi connectivity index (χ1v) is 7.64. The molecule has 1 saturated heterocycles. The highest BCUT2D eigenvalue weighted by Crippen LogP contribution is 2.38. The van der Waals surface area contributed by atoms with Crippen LogP contribution < -0.4 is 0 Å². The minimum absolute atomic E-state index is 0.347. The summed E-state index contributed by atoms with van der Waals surface area (Å²) < 4.78 is 21.6. The van der Waals surface area contributed by atoms with Gasteiger partial charge in [-0.1, -0.05) is 0 Å². The zero-order chi connectivity index (χ0) is 9.24. The summed E-state index contributed by atoms with van der Waals surface area (Å²) in [6, 6.07) is 0. The quantitative estimate of drug-likeness (QED) is 0.454. The fourth-order valence-corrected chi connectivity index (χ4v) is 10.3. The first-order chi connectivity index (χ1) is 5.70. The summed E-state index contributed by atoms with van der Waals surface area (Å²) in [4.78, 5) is 0. The number of rotatable bonds is 4. The lowest BCUT2D eigenvalue weighted by molar-refractivity contribution is -0.124. The standard InChI is InChI=1S/C6H16O4Si2/c1-7-6(8-2)11-5-12(6,9-3)10-4/h5,11H2,1-4H3. The second-order valence-corrected chi connectivity index (χ2v) is 10.0. The number of hydrogen-bond donors (Lipinski definition) is 0. The van der Waals surface area contributed by atoms with Crippen molar-refractivity contribution in [2.24, 2.45) is 0 Å². The molecule has 72 valence electrons. The SMILES string of the molecule is COC1(OC)[SiH2]C[Si]1(OC)OC. The van der Waals surface area contributed by atoms with E-state index in [4.69, 9.17) is 18.3 Å². The Morgan fingerprint density at radius 1 is 1.08 bits per heavy atom. The second-order valence-electron chi connectivity index (χ2n) is 2.82. The number of hydrogen-bond acceptors (Lipinski definition) is 4. The van der Waals surface area contributed by atoms with Crippen molar-refractivity contribution in [1.29, 1.82) is 0 Å². The van der Waals surface area contributed by atoms with E-state index < -0.39 is 13.6 Å². The van der Waals surface area contributed by atoms with Gasteiger partial charge in [-0.3, -0.25) is 0 Å². The molecule has 1 aliphatic rings. The van der Waals surface area contributed by atoms with E-state index in [1.807, 2.05) is 0 Å². The Kier molecular flexibility index (Phi) is 3.08. The van der Waals surface area contributed by atoms with E-state index in [-0.39, 0.29) is 9.52 Å².